The molecule has 0 saturated heterocycles. The summed E-state index contributed by atoms with van der Waals surface area (Å²) in [5, 5.41) is 5.61. The number of urea groups is 1. The van der Waals surface area contributed by atoms with Gasteiger partial charge >= 0.3 is 6.03 Å². The molecule has 7 nitrogen and oxygen atoms in total. The molecule has 8 heteroatoms. The van der Waals surface area contributed by atoms with Crippen molar-refractivity contribution in [2.24, 2.45) is 5.92 Å². The molecule has 0 aromatic carbocycles. The first-order valence-corrected chi connectivity index (χ1v) is 8.85. The Morgan fingerprint density at radius 1 is 1.42 bits per heavy atom. The van der Waals surface area contributed by atoms with Gasteiger partial charge in [0.25, 0.3) is 5.91 Å². The van der Waals surface area contributed by atoms with Crippen LogP contribution in [0.4, 0.5) is 4.79 Å². The van der Waals surface area contributed by atoms with Gasteiger partial charge in [-0.25, -0.2) is 14.8 Å². The highest BCUT2D eigenvalue weighted by Crippen LogP contribution is 2.40. The number of thiophene rings is 1. The second-order valence-corrected chi connectivity index (χ2v) is 6.99. The van der Waals surface area contributed by atoms with Crippen molar-refractivity contribution in [3.8, 4) is 5.88 Å². The van der Waals surface area contributed by atoms with Gasteiger partial charge in [0.05, 0.1) is 5.39 Å². The molecular formula is C16H20N4O3S. The molecule has 0 unspecified atom stereocenters. The van der Waals surface area contributed by atoms with Crippen LogP contribution in [-0.2, 0) is 17.6 Å². The zero-order valence-corrected chi connectivity index (χ0v) is 14.5. The smallest absolute Gasteiger partial charge is 0.321 e. The predicted molar refractivity (Wildman–Crippen MR) is 91.3 cm³/mol. The molecule has 2 heterocycles. The monoisotopic (exact) mass is 348 g/mol. The first-order valence-electron chi connectivity index (χ1n) is 8.04. The van der Waals surface area contributed by atoms with E-state index >= 15 is 0 Å². The van der Waals surface area contributed by atoms with Crippen LogP contribution in [0.2, 0.25) is 0 Å². The molecule has 3 rings (SSSR count). The van der Waals surface area contributed by atoms with Gasteiger partial charge in [0.15, 0.2) is 6.61 Å². The minimum absolute atomic E-state index is 0.260. The number of nitrogens with zero attached hydrogens (tertiary/aromatic N) is 2. The summed E-state index contributed by atoms with van der Waals surface area (Å²) in [4.78, 5) is 33.9. The van der Waals surface area contributed by atoms with Crippen molar-refractivity contribution in [3.05, 3.63) is 16.8 Å². The molecule has 0 radical (unpaired) electrons. The van der Waals surface area contributed by atoms with E-state index in [-0.39, 0.29) is 6.61 Å². The molecular weight excluding hydrogens is 328 g/mol. The number of nitrogens with one attached hydrogen (secondary N) is 2. The molecule has 1 atom stereocenters. The number of amides is 3. The predicted octanol–water partition coefficient (Wildman–Crippen LogP) is 2.04. The lowest BCUT2D eigenvalue weighted by Crippen LogP contribution is -2.41. The number of hydrogen-bond donors (Lipinski definition) is 2. The lowest BCUT2D eigenvalue weighted by Gasteiger charge is -2.18. The van der Waals surface area contributed by atoms with Crippen molar-refractivity contribution in [2.75, 3.05) is 13.2 Å². The molecule has 0 bridgehead atoms. The second kappa shape index (κ2) is 7.12. The van der Waals surface area contributed by atoms with Gasteiger partial charge in [-0.2, -0.15) is 0 Å². The molecule has 0 fully saturated rings. The van der Waals surface area contributed by atoms with Gasteiger partial charge in [-0.1, -0.05) is 6.92 Å². The summed E-state index contributed by atoms with van der Waals surface area (Å²) in [6.45, 7) is 4.22. The van der Waals surface area contributed by atoms with Crippen molar-refractivity contribution in [1.82, 2.24) is 20.6 Å². The summed E-state index contributed by atoms with van der Waals surface area (Å²) in [6, 6.07) is -0.527. The van der Waals surface area contributed by atoms with Crippen LogP contribution >= 0.6 is 11.3 Å². The maximum absolute atomic E-state index is 11.8. The molecule has 128 valence electrons. The minimum Gasteiger partial charge on any atom is -0.467 e. The number of ether oxygens (including phenoxy) is 1. The van der Waals surface area contributed by atoms with Gasteiger partial charge in [-0.05, 0) is 37.7 Å². The van der Waals surface area contributed by atoms with E-state index in [4.69, 9.17) is 4.74 Å². The topological polar surface area (TPSA) is 93.2 Å². The van der Waals surface area contributed by atoms with E-state index in [1.165, 1.54) is 16.8 Å². The highest BCUT2D eigenvalue weighted by Gasteiger charge is 2.24. The van der Waals surface area contributed by atoms with E-state index in [2.05, 4.69) is 27.5 Å². The Hall–Kier alpha value is -2.22. The van der Waals surface area contributed by atoms with Gasteiger partial charge in [0, 0.05) is 11.4 Å². The lowest BCUT2D eigenvalue weighted by atomic mass is 9.89. The van der Waals surface area contributed by atoms with E-state index in [0.717, 1.165) is 29.5 Å². The third kappa shape index (κ3) is 3.48. The molecule has 2 aromatic heterocycles. The molecule has 24 heavy (non-hydrogen) atoms. The molecule has 3 amide bonds. The zero-order chi connectivity index (χ0) is 17.1. The zero-order valence-electron chi connectivity index (χ0n) is 13.7. The van der Waals surface area contributed by atoms with E-state index in [0.29, 0.717) is 18.3 Å². The van der Waals surface area contributed by atoms with Crippen LogP contribution in [0.1, 0.15) is 30.7 Å². The Kier molecular flexibility index (Phi) is 4.94. The summed E-state index contributed by atoms with van der Waals surface area (Å²) in [6.07, 6.45) is 4.61. The summed E-state index contributed by atoms with van der Waals surface area (Å²) < 4.78 is 5.57. The summed E-state index contributed by atoms with van der Waals surface area (Å²) >= 11 is 1.67. The average Bonchev–Trinajstić information content (AvgIpc) is 2.90. The van der Waals surface area contributed by atoms with Crippen molar-refractivity contribution in [1.29, 1.82) is 0 Å². The SMILES string of the molecule is CCNC(=O)NC(=O)COc1ncnc2sc3c(c12)CC[C@@H](C)C3. The van der Waals surface area contributed by atoms with E-state index < -0.39 is 11.9 Å². The second-order valence-electron chi connectivity index (χ2n) is 5.91. The van der Waals surface area contributed by atoms with Gasteiger partial charge in [0.1, 0.15) is 11.2 Å². The number of hydrogen-bond acceptors (Lipinski definition) is 6. The van der Waals surface area contributed by atoms with Crippen molar-refractivity contribution in [3.63, 3.8) is 0 Å². The summed E-state index contributed by atoms with van der Waals surface area (Å²) in [5.41, 5.74) is 1.24. The lowest BCUT2D eigenvalue weighted by molar-refractivity contribution is -0.122. The summed E-state index contributed by atoms with van der Waals surface area (Å²) in [5.74, 6) is 0.578. The fourth-order valence-electron chi connectivity index (χ4n) is 2.86. The molecule has 0 spiro atoms. The highest BCUT2D eigenvalue weighted by atomic mass is 32.1. The molecule has 1 aliphatic carbocycles. The number of rotatable bonds is 4. The highest BCUT2D eigenvalue weighted by molar-refractivity contribution is 7.18. The van der Waals surface area contributed by atoms with Crippen LogP contribution in [0.5, 0.6) is 5.88 Å². The largest absolute Gasteiger partial charge is 0.467 e. The van der Waals surface area contributed by atoms with Gasteiger partial charge in [0.2, 0.25) is 5.88 Å². The maximum Gasteiger partial charge on any atom is 0.321 e. The normalized spacial score (nSPS) is 16.5. The maximum atomic E-state index is 11.8. The van der Waals surface area contributed by atoms with E-state index in [1.807, 2.05) is 0 Å². The molecule has 2 N–H and O–H groups in total. The fraction of sp³-hybridized carbons (Fsp3) is 0.500. The number of aryl methyl sites for hydroxylation is 1. The van der Waals surface area contributed by atoms with Crippen LogP contribution in [-0.4, -0.2) is 35.1 Å². The Bertz CT molecular complexity index is 774. The van der Waals surface area contributed by atoms with Crippen molar-refractivity contribution in [2.45, 2.75) is 33.1 Å². The quantitative estimate of drug-likeness (QED) is 0.882. The molecule has 0 aliphatic heterocycles. The van der Waals surface area contributed by atoms with Crippen LogP contribution < -0.4 is 15.4 Å². The molecule has 2 aromatic rings. The van der Waals surface area contributed by atoms with Crippen LogP contribution in [0, 0.1) is 5.92 Å². The Morgan fingerprint density at radius 2 is 2.25 bits per heavy atom. The van der Waals surface area contributed by atoms with Crippen molar-refractivity contribution >= 4 is 33.5 Å². The third-order valence-corrected chi connectivity index (χ3v) is 5.15. The first kappa shape index (κ1) is 16.6. The number of carbonyl (C=O) groups excluding carboxylic acids is 2. The third-order valence-electron chi connectivity index (χ3n) is 3.99. The van der Waals surface area contributed by atoms with Gasteiger partial charge < -0.3 is 10.1 Å². The standard InChI is InChI=1S/C16H20N4O3S/c1-3-17-16(22)20-12(21)7-23-14-13-10-5-4-9(2)6-11(10)24-15(13)19-8-18-14/h8-9H,3-7H2,1-2H3,(H2,17,20,21,22)/t9-/m1/s1. The minimum atomic E-state index is -0.527. The Balaban J connectivity index is 1.75. The number of fused-ring (bicyclic) bond motifs is 3. The number of carbonyl (C=O) groups is 2. The summed E-state index contributed by atoms with van der Waals surface area (Å²) in [7, 11) is 0. The number of aromatic nitrogens is 2. The average molecular weight is 348 g/mol. The van der Waals surface area contributed by atoms with E-state index in [9.17, 15) is 9.59 Å². The van der Waals surface area contributed by atoms with E-state index in [1.54, 1.807) is 18.3 Å². The Morgan fingerprint density at radius 3 is 3.04 bits per heavy atom. The fourth-order valence-corrected chi connectivity index (χ4v) is 4.20. The van der Waals surface area contributed by atoms with Crippen LogP contribution in [0.3, 0.4) is 0 Å². The van der Waals surface area contributed by atoms with Crippen molar-refractivity contribution < 1.29 is 14.3 Å². The molecule has 0 saturated carbocycles. The van der Waals surface area contributed by atoms with Gasteiger partial charge in [-0.15, -0.1) is 11.3 Å². The van der Waals surface area contributed by atoms with Crippen LogP contribution in [0.15, 0.2) is 6.33 Å². The van der Waals surface area contributed by atoms with Crippen LogP contribution in [0.25, 0.3) is 10.2 Å². The number of imide groups is 1. The Labute approximate surface area is 143 Å². The van der Waals surface area contributed by atoms with Gasteiger partial charge in [-0.3, -0.25) is 10.1 Å². The molecule has 1 aliphatic rings. The first-order chi connectivity index (χ1) is 11.6.